The molecule has 2 aromatic rings. The molecule has 0 aliphatic heterocycles. The third kappa shape index (κ3) is 2.64. The first-order valence-electron chi connectivity index (χ1n) is 5.64. The monoisotopic (exact) mass is 248 g/mol. The van der Waals surface area contributed by atoms with Crippen LogP contribution in [-0.2, 0) is 0 Å². The average molecular weight is 248 g/mol. The van der Waals surface area contributed by atoms with E-state index in [0.717, 1.165) is 21.3 Å². The van der Waals surface area contributed by atoms with Crippen molar-refractivity contribution in [3.8, 4) is 11.6 Å². The van der Waals surface area contributed by atoms with E-state index in [0.29, 0.717) is 11.8 Å². The Balaban J connectivity index is 2.27. The van der Waals surface area contributed by atoms with Crippen LogP contribution in [0.25, 0.3) is 0 Å². The summed E-state index contributed by atoms with van der Waals surface area (Å²) in [5.74, 6) is 1.91. The number of hydrogen-bond donors (Lipinski definition) is 0. The summed E-state index contributed by atoms with van der Waals surface area (Å²) in [7, 11) is 0. The maximum Gasteiger partial charge on any atom is 0.233 e. The molecule has 2 heterocycles. The summed E-state index contributed by atoms with van der Waals surface area (Å²) in [6, 6.07) is 3.78. The number of nitrogens with zero attached hydrogens (tertiary/aromatic N) is 2. The molecule has 2 aromatic heterocycles. The summed E-state index contributed by atoms with van der Waals surface area (Å²) in [5.41, 5.74) is 0.881. The van der Waals surface area contributed by atoms with Crippen LogP contribution in [0.3, 0.4) is 0 Å². The van der Waals surface area contributed by atoms with E-state index in [4.69, 9.17) is 4.74 Å². The van der Waals surface area contributed by atoms with Crippen molar-refractivity contribution in [3.05, 3.63) is 33.9 Å². The fourth-order valence-corrected chi connectivity index (χ4v) is 2.28. The predicted molar refractivity (Wildman–Crippen MR) is 70.0 cm³/mol. The summed E-state index contributed by atoms with van der Waals surface area (Å²) >= 11 is 1.69. The van der Waals surface area contributed by atoms with Crippen LogP contribution in [0, 0.1) is 13.8 Å². The van der Waals surface area contributed by atoms with Crippen LogP contribution in [-0.4, -0.2) is 9.97 Å². The van der Waals surface area contributed by atoms with Gasteiger partial charge in [-0.2, -0.15) is 0 Å². The lowest BCUT2D eigenvalue weighted by Crippen LogP contribution is -1.92. The molecule has 0 atom stereocenters. The number of aryl methyl sites for hydroxylation is 2. The Morgan fingerprint density at radius 2 is 2.06 bits per heavy atom. The van der Waals surface area contributed by atoms with Gasteiger partial charge in [0.05, 0.1) is 15.6 Å². The lowest BCUT2D eigenvalue weighted by atomic mass is 10.2. The highest BCUT2D eigenvalue weighted by atomic mass is 32.1. The Labute approximate surface area is 106 Å². The Hall–Kier alpha value is -1.42. The molecule has 0 N–H and O–H groups in total. The molecule has 0 bridgehead atoms. The molecule has 0 saturated carbocycles. The van der Waals surface area contributed by atoms with Crippen molar-refractivity contribution in [2.75, 3.05) is 0 Å². The van der Waals surface area contributed by atoms with Gasteiger partial charge in [-0.15, -0.1) is 11.3 Å². The van der Waals surface area contributed by atoms with Crippen molar-refractivity contribution >= 4 is 11.3 Å². The lowest BCUT2D eigenvalue weighted by Gasteiger charge is -2.05. The van der Waals surface area contributed by atoms with Gasteiger partial charge in [-0.1, -0.05) is 13.8 Å². The van der Waals surface area contributed by atoms with Gasteiger partial charge in [-0.25, -0.2) is 4.98 Å². The zero-order valence-corrected chi connectivity index (χ0v) is 11.3. The molecule has 0 fully saturated rings. The van der Waals surface area contributed by atoms with Gasteiger partial charge in [-0.05, 0) is 26.0 Å². The Bertz CT molecular complexity index is 520. The molecule has 2 rings (SSSR count). The molecule has 4 heteroatoms. The molecular formula is C13H16N2OS. The molecular weight excluding hydrogens is 232 g/mol. The molecule has 0 unspecified atom stereocenters. The zero-order valence-electron chi connectivity index (χ0n) is 10.5. The second-order valence-corrected chi connectivity index (χ2v) is 5.49. The van der Waals surface area contributed by atoms with Gasteiger partial charge in [0, 0.05) is 12.1 Å². The fraction of sp³-hybridized carbons (Fsp3) is 0.385. The average Bonchev–Trinajstić information content (AvgIpc) is 2.64. The highest BCUT2D eigenvalue weighted by molar-refractivity contribution is 7.11. The van der Waals surface area contributed by atoms with E-state index in [1.54, 1.807) is 17.5 Å². The SMILES string of the molecule is Cc1ncccc1Oc1nc(C(C)C)sc1C. The zero-order chi connectivity index (χ0) is 12.4. The van der Waals surface area contributed by atoms with Crippen LogP contribution in [0.15, 0.2) is 18.3 Å². The van der Waals surface area contributed by atoms with E-state index in [2.05, 4.69) is 23.8 Å². The van der Waals surface area contributed by atoms with Gasteiger partial charge in [0.15, 0.2) is 5.75 Å². The van der Waals surface area contributed by atoms with Crippen molar-refractivity contribution in [2.45, 2.75) is 33.6 Å². The number of rotatable bonds is 3. The van der Waals surface area contributed by atoms with E-state index in [1.165, 1.54) is 0 Å². The van der Waals surface area contributed by atoms with E-state index in [-0.39, 0.29) is 0 Å². The quantitative estimate of drug-likeness (QED) is 0.821. The van der Waals surface area contributed by atoms with E-state index in [1.807, 2.05) is 26.0 Å². The topological polar surface area (TPSA) is 35.0 Å². The minimum absolute atomic E-state index is 0.436. The van der Waals surface area contributed by atoms with E-state index in [9.17, 15) is 0 Å². The molecule has 0 amide bonds. The molecule has 0 aliphatic rings. The van der Waals surface area contributed by atoms with E-state index >= 15 is 0 Å². The Kier molecular flexibility index (Phi) is 3.43. The van der Waals surface area contributed by atoms with Crippen LogP contribution >= 0.6 is 11.3 Å². The highest BCUT2D eigenvalue weighted by Gasteiger charge is 2.13. The van der Waals surface area contributed by atoms with Crippen LogP contribution in [0.1, 0.15) is 35.3 Å². The number of thiazole rings is 1. The Morgan fingerprint density at radius 3 is 2.65 bits per heavy atom. The molecule has 3 nitrogen and oxygen atoms in total. The highest BCUT2D eigenvalue weighted by Crippen LogP contribution is 2.32. The standard InChI is InChI=1S/C13H16N2OS/c1-8(2)13-15-12(10(4)17-13)16-11-6-5-7-14-9(11)3/h5-8H,1-4H3. The minimum atomic E-state index is 0.436. The smallest absolute Gasteiger partial charge is 0.233 e. The van der Waals surface area contributed by atoms with Gasteiger partial charge in [-0.3, -0.25) is 4.98 Å². The van der Waals surface area contributed by atoms with Gasteiger partial charge in [0.1, 0.15) is 0 Å². The second-order valence-electron chi connectivity index (χ2n) is 4.26. The summed E-state index contributed by atoms with van der Waals surface area (Å²) in [6.45, 7) is 8.24. The number of pyridine rings is 1. The third-order valence-corrected chi connectivity index (χ3v) is 3.68. The molecule has 0 aromatic carbocycles. The van der Waals surface area contributed by atoms with Crippen LogP contribution in [0.2, 0.25) is 0 Å². The predicted octanol–water partition coefficient (Wildman–Crippen LogP) is 4.07. The molecule has 0 spiro atoms. The van der Waals surface area contributed by atoms with Crippen molar-refractivity contribution in [1.82, 2.24) is 9.97 Å². The maximum atomic E-state index is 5.81. The molecule has 0 radical (unpaired) electrons. The first-order valence-corrected chi connectivity index (χ1v) is 6.46. The first-order chi connectivity index (χ1) is 8.08. The summed E-state index contributed by atoms with van der Waals surface area (Å²) < 4.78 is 5.81. The molecule has 0 saturated heterocycles. The normalized spacial score (nSPS) is 10.9. The van der Waals surface area contributed by atoms with Crippen LogP contribution in [0.5, 0.6) is 11.6 Å². The van der Waals surface area contributed by atoms with Gasteiger partial charge >= 0.3 is 0 Å². The van der Waals surface area contributed by atoms with Crippen LogP contribution in [0.4, 0.5) is 0 Å². The summed E-state index contributed by atoms with van der Waals surface area (Å²) in [6.07, 6.45) is 1.76. The largest absolute Gasteiger partial charge is 0.436 e. The minimum Gasteiger partial charge on any atom is -0.436 e. The third-order valence-electron chi connectivity index (χ3n) is 2.43. The van der Waals surface area contributed by atoms with Gasteiger partial charge in [0.2, 0.25) is 5.88 Å². The van der Waals surface area contributed by atoms with Crippen molar-refractivity contribution in [3.63, 3.8) is 0 Å². The van der Waals surface area contributed by atoms with Gasteiger partial charge < -0.3 is 4.74 Å². The number of ether oxygens (including phenoxy) is 1. The van der Waals surface area contributed by atoms with Crippen molar-refractivity contribution in [1.29, 1.82) is 0 Å². The second kappa shape index (κ2) is 4.84. The molecule has 90 valence electrons. The van der Waals surface area contributed by atoms with Crippen molar-refractivity contribution < 1.29 is 4.74 Å². The fourth-order valence-electron chi connectivity index (χ4n) is 1.43. The molecule has 17 heavy (non-hydrogen) atoms. The number of aromatic nitrogens is 2. The summed E-state index contributed by atoms with van der Waals surface area (Å²) in [5, 5.41) is 1.11. The number of hydrogen-bond acceptors (Lipinski definition) is 4. The van der Waals surface area contributed by atoms with Crippen LogP contribution < -0.4 is 4.74 Å². The first kappa shape index (κ1) is 12.0. The summed E-state index contributed by atoms with van der Waals surface area (Å²) in [4.78, 5) is 9.82. The maximum absolute atomic E-state index is 5.81. The Morgan fingerprint density at radius 1 is 1.29 bits per heavy atom. The van der Waals surface area contributed by atoms with Crippen molar-refractivity contribution in [2.24, 2.45) is 0 Å². The van der Waals surface area contributed by atoms with E-state index < -0.39 is 0 Å². The van der Waals surface area contributed by atoms with Gasteiger partial charge in [0.25, 0.3) is 0 Å². The molecule has 0 aliphatic carbocycles. The lowest BCUT2D eigenvalue weighted by molar-refractivity contribution is 0.455.